The molecule has 0 amide bonds. The highest BCUT2D eigenvalue weighted by Gasteiger charge is 2.33. The number of fused-ring (bicyclic) bond motifs is 3. The highest BCUT2D eigenvalue weighted by atomic mass is 19.4. The van der Waals surface area contributed by atoms with Crippen LogP contribution in [0.1, 0.15) is 17.7 Å². The van der Waals surface area contributed by atoms with Gasteiger partial charge in [-0.1, -0.05) is 0 Å². The minimum atomic E-state index is -4.45. The number of hydrogen-bond acceptors (Lipinski definition) is 3. The van der Waals surface area contributed by atoms with Gasteiger partial charge in [0.25, 0.3) is 0 Å². The van der Waals surface area contributed by atoms with E-state index in [1.165, 1.54) is 13.2 Å². The van der Waals surface area contributed by atoms with Gasteiger partial charge in [-0.3, -0.25) is 0 Å². The monoisotopic (exact) mass is 282 g/mol. The third-order valence-electron chi connectivity index (χ3n) is 3.46. The van der Waals surface area contributed by atoms with Crippen LogP contribution in [0.25, 0.3) is 10.9 Å². The van der Waals surface area contributed by atoms with Gasteiger partial charge in [0.1, 0.15) is 11.4 Å². The van der Waals surface area contributed by atoms with Crippen LogP contribution < -0.4 is 10.1 Å². The lowest BCUT2D eigenvalue weighted by atomic mass is 9.99. The Balaban J connectivity index is 2.31. The van der Waals surface area contributed by atoms with Gasteiger partial charge in [-0.2, -0.15) is 13.2 Å². The number of ether oxygens (including phenoxy) is 1. The topological polar surface area (TPSA) is 34.1 Å². The summed E-state index contributed by atoms with van der Waals surface area (Å²) in [4.78, 5) is 3.80. The second kappa shape index (κ2) is 4.54. The number of nitrogens with zero attached hydrogens (tertiary/aromatic N) is 1. The lowest BCUT2D eigenvalue weighted by molar-refractivity contribution is -0.140. The molecule has 106 valence electrons. The van der Waals surface area contributed by atoms with E-state index in [2.05, 4.69) is 10.3 Å². The van der Waals surface area contributed by atoms with Crippen LogP contribution in [0, 0.1) is 0 Å². The SMILES string of the molecule is COc1cc2c(c3nc(C(F)(F)F)ccc13)NCCC2. The normalized spacial score (nSPS) is 14.8. The molecule has 0 fully saturated rings. The first kappa shape index (κ1) is 13.0. The molecule has 1 aliphatic rings. The second-order valence-electron chi connectivity index (χ2n) is 4.73. The van der Waals surface area contributed by atoms with Crippen molar-refractivity contribution in [2.75, 3.05) is 19.0 Å². The number of rotatable bonds is 1. The second-order valence-corrected chi connectivity index (χ2v) is 4.73. The predicted molar refractivity (Wildman–Crippen MR) is 70.1 cm³/mol. The van der Waals surface area contributed by atoms with E-state index in [9.17, 15) is 13.2 Å². The molecule has 0 aliphatic carbocycles. The van der Waals surface area contributed by atoms with E-state index in [0.717, 1.165) is 31.0 Å². The molecular weight excluding hydrogens is 269 g/mol. The zero-order chi connectivity index (χ0) is 14.3. The maximum Gasteiger partial charge on any atom is 0.433 e. The molecule has 2 aromatic rings. The predicted octanol–water partition coefficient (Wildman–Crippen LogP) is 3.62. The van der Waals surface area contributed by atoms with Crippen molar-refractivity contribution in [1.29, 1.82) is 0 Å². The van der Waals surface area contributed by atoms with Crippen LogP contribution >= 0.6 is 0 Å². The summed E-state index contributed by atoms with van der Waals surface area (Å²) >= 11 is 0. The van der Waals surface area contributed by atoms with Gasteiger partial charge in [0.05, 0.1) is 18.3 Å². The number of anilines is 1. The van der Waals surface area contributed by atoms with E-state index in [1.54, 1.807) is 0 Å². The fourth-order valence-corrected chi connectivity index (χ4v) is 2.52. The van der Waals surface area contributed by atoms with Crippen molar-refractivity contribution in [2.24, 2.45) is 0 Å². The lowest BCUT2D eigenvalue weighted by Gasteiger charge is -2.21. The van der Waals surface area contributed by atoms with Crippen molar-refractivity contribution in [3.8, 4) is 5.75 Å². The summed E-state index contributed by atoms with van der Waals surface area (Å²) < 4.78 is 43.7. The van der Waals surface area contributed by atoms with Crippen molar-refractivity contribution in [3.05, 3.63) is 29.5 Å². The molecule has 0 bridgehead atoms. The van der Waals surface area contributed by atoms with E-state index in [1.807, 2.05) is 6.07 Å². The summed E-state index contributed by atoms with van der Waals surface area (Å²) in [5.41, 5.74) is 1.09. The number of hydrogen-bond donors (Lipinski definition) is 1. The molecule has 3 rings (SSSR count). The molecule has 0 spiro atoms. The van der Waals surface area contributed by atoms with E-state index >= 15 is 0 Å². The Morgan fingerprint density at radius 2 is 2.10 bits per heavy atom. The van der Waals surface area contributed by atoms with Crippen LogP contribution in [0.5, 0.6) is 5.75 Å². The standard InChI is InChI=1S/C14H13F3N2O/c1-20-10-7-8-3-2-6-18-12(8)13-9(10)4-5-11(19-13)14(15,16)17/h4-5,7,18H,2-3,6H2,1H3. The molecule has 20 heavy (non-hydrogen) atoms. The summed E-state index contributed by atoms with van der Waals surface area (Å²) in [5.74, 6) is 0.559. The van der Waals surface area contributed by atoms with Gasteiger partial charge in [-0.05, 0) is 36.6 Å². The van der Waals surface area contributed by atoms with Crippen LogP contribution in [0.3, 0.4) is 0 Å². The first-order valence-electron chi connectivity index (χ1n) is 6.32. The molecule has 0 saturated carbocycles. The Morgan fingerprint density at radius 1 is 1.30 bits per heavy atom. The summed E-state index contributed by atoms with van der Waals surface area (Å²) in [6, 6.07) is 4.28. The van der Waals surface area contributed by atoms with Crippen molar-refractivity contribution in [2.45, 2.75) is 19.0 Å². The number of alkyl halides is 3. The third-order valence-corrected chi connectivity index (χ3v) is 3.46. The summed E-state index contributed by atoms with van der Waals surface area (Å²) in [6.45, 7) is 0.742. The van der Waals surface area contributed by atoms with Crippen LogP contribution in [-0.2, 0) is 12.6 Å². The summed E-state index contributed by atoms with van der Waals surface area (Å²) in [6.07, 6.45) is -2.69. The van der Waals surface area contributed by atoms with E-state index < -0.39 is 11.9 Å². The maximum atomic E-state index is 12.8. The Bertz CT molecular complexity index is 667. The maximum absolute atomic E-state index is 12.8. The van der Waals surface area contributed by atoms with Crippen LogP contribution in [0.2, 0.25) is 0 Å². The Kier molecular flexibility index (Phi) is 2.96. The van der Waals surface area contributed by atoms with Crippen LogP contribution in [0.4, 0.5) is 18.9 Å². The number of benzene rings is 1. The molecule has 1 N–H and O–H groups in total. The average Bonchev–Trinajstić information content (AvgIpc) is 2.44. The molecule has 1 aromatic carbocycles. The van der Waals surface area contributed by atoms with Crippen molar-refractivity contribution >= 4 is 16.6 Å². The van der Waals surface area contributed by atoms with Gasteiger partial charge in [0.2, 0.25) is 0 Å². The van der Waals surface area contributed by atoms with Crippen molar-refractivity contribution in [3.63, 3.8) is 0 Å². The summed E-state index contributed by atoms with van der Waals surface area (Å²) in [7, 11) is 1.51. The largest absolute Gasteiger partial charge is 0.496 e. The fourth-order valence-electron chi connectivity index (χ4n) is 2.52. The lowest BCUT2D eigenvalue weighted by Crippen LogP contribution is -2.14. The molecule has 0 unspecified atom stereocenters. The fraction of sp³-hybridized carbons (Fsp3) is 0.357. The number of methoxy groups -OCH3 is 1. The molecule has 2 heterocycles. The highest BCUT2D eigenvalue weighted by Crippen LogP contribution is 2.38. The zero-order valence-electron chi connectivity index (χ0n) is 10.8. The van der Waals surface area contributed by atoms with Gasteiger partial charge in [-0.25, -0.2) is 4.98 Å². The Morgan fingerprint density at radius 3 is 2.80 bits per heavy atom. The van der Waals surface area contributed by atoms with Gasteiger partial charge in [-0.15, -0.1) is 0 Å². The number of aromatic nitrogens is 1. The smallest absolute Gasteiger partial charge is 0.433 e. The molecule has 1 aromatic heterocycles. The zero-order valence-corrected chi connectivity index (χ0v) is 10.8. The molecular formula is C14H13F3N2O. The molecule has 1 aliphatic heterocycles. The molecule has 0 saturated heterocycles. The summed E-state index contributed by atoms with van der Waals surface area (Å²) in [5, 5.41) is 3.74. The first-order chi connectivity index (χ1) is 9.50. The average molecular weight is 282 g/mol. The Labute approximate surface area is 113 Å². The molecule has 0 radical (unpaired) electrons. The number of pyridine rings is 1. The van der Waals surface area contributed by atoms with Crippen molar-refractivity contribution in [1.82, 2.24) is 4.98 Å². The minimum absolute atomic E-state index is 0.328. The Hall–Kier alpha value is -1.98. The van der Waals surface area contributed by atoms with E-state index in [4.69, 9.17) is 4.74 Å². The quantitative estimate of drug-likeness (QED) is 0.867. The van der Waals surface area contributed by atoms with E-state index in [0.29, 0.717) is 22.3 Å². The molecule has 6 heteroatoms. The number of nitrogens with one attached hydrogen (secondary N) is 1. The van der Waals surface area contributed by atoms with Crippen LogP contribution in [-0.4, -0.2) is 18.6 Å². The van der Waals surface area contributed by atoms with Crippen molar-refractivity contribution < 1.29 is 17.9 Å². The molecule has 3 nitrogen and oxygen atoms in total. The highest BCUT2D eigenvalue weighted by molar-refractivity contribution is 5.97. The van der Waals surface area contributed by atoms with Gasteiger partial charge in [0.15, 0.2) is 0 Å². The molecule has 0 atom stereocenters. The number of halogens is 3. The minimum Gasteiger partial charge on any atom is -0.496 e. The van der Waals surface area contributed by atoms with Gasteiger partial charge >= 0.3 is 6.18 Å². The van der Waals surface area contributed by atoms with Crippen LogP contribution in [0.15, 0.2) is 18.2 Å². The van der Waals surface area contributed by atoms with Gasteiger partial charge in [0, 0.05) is 11.9 Å². The van der Waals surface area contributed by atoms with E-state index in [-0.39, 0.29) is 0 Å². The van der Waals surface area contributed by atoms with Gasteiger partial charge < -0.3 is 10.1 Å². The third kappa shape index (κ3) is 2.05. The number of aryl methyl sites for hydroxylation is 1. The first-order valence-corrected chi connectivity index (χ1v) is 6.32.